The van der Waals surface area contributed by atoms with Crippen LogP contribution >= 0.6 is 0 Å². The highest BCUT2D eigenvalue weighted by Crippen LogP contribution is 2.14. The van der Waals surface area contributed by atoms with Crippen LogP contribution in [-0.2, 0) is 20.4 Å². The summed E-state index contributed by atoms with van der Waals surface area (Å²) in [4.78, 5) is 10.6. The number of carboxylic acids is 1. The molecule has 1 aromatic carbocycles. The predicted octanol–water partition coefficient (Wildman–Crippen LogP) is 1.33. The third kappa shape index (κ3) is 4.34. The van der Waals surface area contributed by atoms with Crippen molar-refractivity contribution in [3.63, 3.8) is 0 Å². The van der Waals surface area contributed by atoms with Crippen molar-refractivity contribution in [3.8, 4) is 6.07 Å². The minimum atomic E-state index is -3.63. The van der Waals surface area contributed by atoms with E-state index in [2.05, 4.69) is 0 Å². The minimum Gasteiger partial charge on any atom is -0.481 e. The number of aliphatic carboxylic acids is 1. The van der Waals surface area contributed by atoms with Crippen LogP contribution in [0.4, 0.5) is 4.39 Å². The Balaban J connectivity index is 2.90. The Kier molecular flexibility index (Phi) is 4.62. The largest absolute Gasteiger partial charge is 0.481 e. The third-order valence-corrected chi connectivity index (χ3v) is 4.24. The van der Waals surface area contributed by atoms with Gasteiger partial charge in [0.05, 0.1) is 23.0 Å². The quantitative estimate of drug-likeness (QED) is 0.880. The molecule has 1 N–H and O–H groups in total. The van der Waals surface area contributed by atoms with E-state index < -0.39 is 39.0 Å². The molecule has 5 nitrogen and oxygen atoms in total. The van der Waals surface area contributed by atoms with Crippen molar-refractivity contribution in [3.05, 3.63) is 35.1 Å². The first-order valence-corrected chi connectivity index (χ1v) is 7.19. The lowest BCUT2D eigenvalue weighted by atomic mass is 10.1. The van der Waals surface area contributed by atoms with Crippen LogP contribution in [0, 0.1) is 23.1 Å². The number of nitrogens with zero attached hydrogens (tertiary/aromatic N) is 1. The molecule has 0 aliphatic rings. The molecule has 0 spiro atoms. The number of nitriles is 1. The van der Waals surface area contributed by atoms with Gasteiger partial charge in [-0.25, -0.2) is 12.8 Å². The molecule has 19 heavy (non-hydrogen) atoms. The van der Waals surface area contributed by atoms with Gasteiger partial charge in [0.15, 0.2) is 9.84 Å². The van der Waals surface area contributed by atoms with E-state index in [-0.39, 0.29) is 11.1 Å². The van der Waals surface area contributed by atoms with E-state index >= 15 is 0 Å². The molecule has 0 heterocycles. The fraction of sp³-hybridized carbons (Fsp3) is 0.333. The number of rotatable bonds is 5. The average molecular weight is 285 g/mol. The molecule has 0 aliphatic heterocycles. The molecule has 1 unspecified atom stereocenters. The van der Waals surface area contributed by atoms with E-state index in [0.717, 1.165) is 12.1 Å². The molecule has 0 bridgehead atoms. The Hall–Kier alpha value is -1.94. The average Bonchev–Trinajstić information content (AvgIpc) is 2.30. The van der Waals surface area contributed by atoms with Gasteiger partial charge in [-0.1, -0.05) is 13.0 Å². The molecule has 1 rings (SSSR count). The first kappa shape index (κ1) is 15.1. The van der Waals surface area contributed by atoms with Crippen LogP contribution in [0.15, 0.2) is 18.2 Å². The summed E-state index contributed by atoms with van der Waals surface area (Å²) in [5.41, 5.74) is 0.0227. The lowest BCUT2D eigenvalue weighted by molar-refractivity contribution is -0.140. The molecule has 0 saturated heterocycles. The van der Waals surface area contributed by atoms with E-state index in [1.165, 1.54) is 13.0 Å². The summed E-state index contributed by atoms with van der Waals surface area (Å²) >= 11 is 0. The van der Waals surface area contributed by atoms with Crippen molar-refractivity contribution in [1.82, 2.24) is 0 Å². The summed E-state index contributed by atoms with van der Waals surface area (Å²) in [6.07, 6.45) is 0. The maximum atomic E-state index is 13.1. The van der Waals surface area contributed by atoms with Crippen molar-refractivity contribution in [2.45, 2.75) is 12.7 Å². The van der Waals surface area contributed by atoms with Gasteiger partial charge in [-0.15, -0.1) is 0 Å². The highest BCUT2D eigenvalue weighted by atomic mass is 32.2. The van der Waals surface area contributed by atoms with Crippen LogP contribution in [0.2, 0.25) is 0 Å². The first-order valence-electron chi connectivity index (χ1n) is 5.37. The molecule has 1 aromatic rings. The Bertz CT molecular complexity index is 634. The monoisotopic (exact) mass is 285 g/mol. The van der Waals surface area contributed by atoms with E-state index in [9.17, 15) is 17.6 Å². The van der Waals surface area contributed by atoms with Gasteiger partial charge in [0.1, 0.15) is 11.9 Å². The molecule has 1 atom stereocenters. The fourth-order valence-corrected chi connectivity index (χ4v) is 3.22. The Morgan fingerprint density at radius 3 is 2.68 bits per heavy atom. The second kappa shape index (κ2) is 5.80. The summed E-state index contributed by atoms with van der Waals surface area (Å²) in [6, 6.07) is 5.05. The van der Waals surface area contributed by atoms with E-state index in [0.29, 0.717) is 0 Å². The molecule has 7 heteroatoms. The van der Waals surface area contributed by atoms with Gasteiger partial charge in [0.2, 0.25) is 0 Å². The van der Waals surface area contributed by atoms with Gasteiger partial charge in [0, 0.05) is 0 Å². The van der Waals surface area contributed by atoms with Crippen molar-refractivity contribution in [1.29, 1.82) is 5.26 Å². The van der Waals surface area contributed by atoms with Gasteiger partial charge < -0.3 is 5.11 Å². The van der Waals surface area contributed by atoms with Crippen molar-refractivity contribution >= 4 is 15.8 Å². The SMILES string of the molecule is CC(CS(=O)(=O)Cc1ccc(F)c(C#N)c1)C(=O)O. The Morgan fingerprint density at radius 1 is 1.53 bits per heavy atom. The molecule has 0 amide bonds. The molecule has 0 radical (unpaired) electrons. The number of benzene rings is 1. The minimum absolute atomic E-state index is 0.237. The number of carboxylic acid groups (broad SMARTS) is 1. The van der Waals surface area contributed by atoms with Gasteiger partial charge in [-0.3, -0.25) is 4.79 Å². The van der Waals surface area contributed by atoms with Gasteiger partial charge in [-0.2, -0.15) is 5.26 Å². The fourth-order valence-electron chi connectivity index (χ4n) is 1.51. The zero-order chi connectivity index (χ0) is 14.6. The molecular weight excluding hydrogens is 273 g/mol. The van der Waals surface area contributed by atoms with Crippen LogP contribution < -0.4 is 0 Å². The summed E-state index contributed by atoms with van der Waals surface area (Å²) in [7, 11) is -3.63. The predicted molar refractivity (Wildman–Crippen MR) is 65.4 cm³/mol. The maximum absolute atomic E-state index is 13.1. The maximum Gasteiger partial charge on any atom is 0.307 e. The van der Waals surface area contributed by atoms with Crippen LogP contribution in [0.1, 0.15) is 18.1 Å². The standard InChI is InChI=1S/C12H12FNO4S/c1-8(12(15)16)6-19(17,18)7-9-2-3-11(13)10(4-9)5-14/h2-4,8H,6-7H2,1H3,(H,15,16). The van der Waals surface area contributed by atoms with Crippen LogP contribution in [0.5, 0.6) is 0 Å². The van der Waals surface area contributed by atoms with Gasteiger partial charge in [0.25, 0.3) is 0 Å². The smallest absolute Gasteiger partial charge is 0.307 e. The number of hydrogen-bond acceptors (Lipinski definition) is 4. The first-order chi connectivity index (χ1) is 8.75. The lowest BCUT2D eigenvalue weighted by Gasteiger charge is -2.08. The molecule has 0 saturated carbocycles. The van der Waals surface area contributed by atoms with Crippen molar-refractivity contribution in [2.75, 3.05) is 5.75 Å². The van der Waals surface area contributed by atoms with Crippen LogP contribution in [0.25, 0.3) is 0 Å². The van der Waals surface area contributed by atoms with E-state index in [1.807, 2.05) is 0 Å². The Morgan fingerprint density at radius 2 is 2.16 bits per heavy atom. The van der Waals surface area contributed by atoms with E-state index in [4.69, 9.17) is 10.4 Å². The Labute approximate surface area is 110 Å². The topological polar surface area (TPSA) is 95.2 Å². The van der Waals surface area contributed by atoms with Crippen LogP contribution in [-0.4, -0.2) is 25.2 Å². The molecule has 102 valence electrons. The molecule has 0 fully saturated rings. The van der Waals surface area contributed by atoms with E-state index in [1.54, 1.807) is 6.07 Å². The lowest BCUT2D eigenvalue weighted by Crippen LogP contribution is -2.22. The second-order valence-electron chi connectivity index (χ2n) is 4.22. The van der Waals surface area contributed by atoms with Gasteiger partial charge >= 0.3 is 5.97 Å². The third-order valence-electron chi connectivity index (χ3n) is 2.46. The number of carbonyl (C=O) groups is 1. The highest BCUT2D eigenvalue weighted by Gasteiger charge is 2.21. The van der Waals surface area contributed by atoms with Crippen LogP contribution in [0.3, 0.4) is 0 Å². The molecule has 0 aromatic heterocycles. The highest BCUT2D eigenvalue weighted by molar-refractivity contribution is 7.90. The zero-order valence-corrected chi connectivity index (χ0v) is 10.9. The van der Waals surface area contributed by atoms with Crippen molar-refractivity contribution in [2.24, 2.45) is 5.92 Å². The number of halogens is 1. The number of sulfone groups is 1. The second-order valence-corrected chi connectivity index (χ2v) is 6.33. The normalized spacial score (nSPS) is 12.7. The summed E-state index contributed by atoms with van der Waals surface area (Å²) in [5, 5.41) is 17.3. The molecular formula is C12H12FNO4S. The van der Waals surface area contributed by atoms with Gasteiger partial charge in [-0.05, 0) is 17.7 Å². The molecule has 0 aliphatic carbocycles. The summed E-state index contributed by atoms with van der Waals surface area (Å²) < 4.78 is 36.6. The number of hydrogen-bond donors (Lipinski definition) is 1. The summed E-state index contributed by atoms with van der Waals surface area (Å²) in [6.45, 7) is 1.30. The summed E-state index contributed by atoms with van der Waals surface area (Å²) in [5.74, 6) is -3.84. The zero-order valence-electron chi connectivity index (χ0n) is 10.1. The van der Waals surface area contributed by atoms with Crippen molar-refractivity contribution < 1.29 is 22.7 Å².